The maximum atomic E-state index is 8.74. The van der Waals surface area contributed by atoms with Crippen LogP contribution in [0.1, 0.15) is 11.5 Å². The van der Waals surface area contributed by atoms with Gasteiger partial charge < -0.3 is 9.73 Å². The van der Waals surface area contributed by atoms with Gasteiger partial charge in [-0.2, -0.15) is 10.4 Å². The third-order valence-electron chi connectivity index (χ3n) is 2.86. The van der Waals surface area contributed by atoms with E-state index in [0.717, 1.165) is 5.69 Å². The van der Waals surface area contributed by atoms with Crippen molar-refractivity contribution < 1.29 is 4.42 Å². The second-order valence-corrected chi connectivity index (χ2v) is 4.61. The molecule has 0 amide bonds. The molecule has 1 N–H and O–H groups in total. The SMILES string of the molecule is N#Cc1ccc(CNc2cccc(Cl)c2-n2cncn2)o1. The first-order valence-corrected chi connectivity index (χ1v) is 6.52. The monoisotopic (exact) mass is 299 g/mol. The molecule has 1 aromatic carbocycles. The largest absolute Gasteiger partial charge is 0.449 e. The minimum absolute atomic E-state index is 0.286. The fourth-order valence-corrected chi connectivity index (χ4v) is 2.19. The van der Waals surface area contributed by atoms with Gasteiger partial charge in [-0.05, 0) is 24.3 Å². The molecule has 3 aromatic rings. The minimum Gasteiger partial charge on any atom is -0.449 e. The summed E-state index contributed by atoms with van der Waals surface area (Å²) in [6.07, 6.45) is 3.02. The highest BCUT2D eigenvalue weighted by Gasteiger charge is 2.10. The van der Waals surface area contributed by atoms with Gasteiger partial charge in [0.1, 0.15) is 30.2 Å². The predicted molar refractivity (Wildman–Crippen MR) is 77.1 cm³/mol. The van der Waals surface area contributed by atoms with Crippen molar-refractivity contribution in [3.05, 3.63) is 59.5 Å². The number of halogens is 1. The van der Waals surface area contributed by atoms with Crippen molar-refractivity contribution in [3.8, 4) is 11.8 Å². The molecule has 2 aromatic heterocycles. The molecule has 0 aliphatic rings. The highest BCUT2D eigenvalue weighted by atomic mass is 35.5. The highest BCUT2D eigenvalue weighted by Crippen LogP contribution is 2.28. The standard InChI is InChI=1S/C14H10ClN5O/c15-12-2-1-3-13(14(12)20-9-17-8-19-20)18-7-11-5-4-10(6-16)21-11/h1-5,8-9,18H,7H2. The number of benzene rings is 1. The maximum absolute atomic E-state index is 8.74. The van der Waals surface area contributed by atoms with Crippen LogP contribution in [0.5, 0.6) is 0 Å². The molecule has 0 aliphatic carbocycles. The number of rotatable bonds is 4. The van der Waals surface area contributed by atoms with E-state index in [9.17, 15) is 0 Å². The molecule has 0 spiro atoms. The van der Waals surface area contributed by atoms with E-state index in [1.165, 1.54) is 6.33 Å². The Bertz CT molecular complexity index is 788. The Hall–Kier alpha value is -2.78. The van der Waals surface area contributed by atoms with E-state index in [1.807, 2.05) is 18.2 Å². The number of anilines is 1. The lowest BCUT2D eigenvalue weighted by Gasteiger charge is -2.12. The van der Waals surface area contributed by atoms with Crippen LogP contribution in [0.25, 0.3) is 5.69 Å². The highest BCUT2D eigenvalue weighted by molar-refractivity contribution is 6.33. The van der Waals surface area contributed by atoms with Crippen LogP contribution in [0.15, 0.2) is 47.4 Å². The minimum atomic E-state index is 0.286. The van der Waals surface area contributed by atoms with Gasteiger partial charge in [0.15, 0.2) is 0 Å². The summed E-state index contributed by atoms with van der Waals surface area (Å²) in [4.78, 5) is 3.92. The summed E-state index contributed by atoms with van der Waals surface area (Å²) in [6.45, 7) is 0.434. The first-order chi connectivity index (χ1) is 10.3. The summed E-state index contributed by atoms with van der Waals surface area (Å²) in [6, 6.07) is 10.8. The Morgan fingerprint density at radius 2 is 2.24 bits per heavy atom. The molecule has 21 heavy (non-hydrogen) atoms. The van der Waals surface area contributed by atoms with Gasteiger partial charge >= 0.3 is 0 Å². The van der Waals surface area contributed by atoms with E-state index in [-0.39, 0.29) is 5.76 Å². The van der Waals surface area contributed by atoms with Crippen LogP contribution >= 0.6 is 11.6 Å². The Labute approximate surface area is 125 Å². The molecule has 0 saturated carbocycles. The quantitative estimate of drug-likeness (QED) is 0.801. The average molecular weight is 300 g/mol. The number of hydrogen-bond donors (Lipinski definition) is 1. The summed E-state index contributed by atoms with van der Waals surface area (Å²) in [5.41, 5.74) is 1.51. The van der Waals surface area contributed by atoms with Crippen molar-refractivity contribution in [2.75, 3.05) is 5.32 Å². The molecule has 104 valence electrons. The van der Waals surface area contributed by atoms with Crippen molar-refractivity contribution in [1.82, 2.24) is 14.8 Å². The number of hydrogen-bond acceptors (Lipinski definition) is 5. The smallest absolute Gasteiger partial charge is 0.203 e. The molecule has 0 atom stereocenters. The maximum Gasteiger partial charge on any atom is 0.203 e. The molecule has 7 heteroatoms. The second-order valence-electron chi connectivity index (χ2n) is 4.21. The van der Waals surface area contributed by atoms with Gasteiger partial charge in [-0.15, -0.1) is 0 Å². The van der Waals surface area contributed by atoms with E-state index < -0.39 is 0 Å². The zero-order valence-electron chi connectivity index (χ0n) is 10.8. The van der Waals surface area contributed by atoms with Crippen LogP contribution in [0.4, 0.5) is 5.69 Å². The number of aromatic nitrogens is 3. The summed E-state index contributed by atoms with van der Waals surface area (Å²) in [5, 5.41) is 16.6. The second kappa shape index (κ2) is 5.69. The fraction of sp³-hybridized carbons (Fsp3) is 0.0714. The van der Waals surface area contributed by atoms with Gasteiger partial charge in [-0.1, -0.05) is 17.7 Å². The van der Waals surface area contributed by atoms with Crippen molar-refractivity contribution in [1.29, 1.82) is 5.26 Å². The van der Waals surface area contributed by atoms with E-state index >= 15 is 0 Å². The van der Waals surface area contributed by atoms with E-state index in [1.54, 1.807) is 29.2 Å². The molecule has 0 fully saturated rings. The van der Waals surface area contributed by atoms with Crippen LogP contribution < -0.4 is 5.32 Å². The van der Waals surface area contributed by atoms with Crippen LogP contribution in [0.2, 0.25) is 5.02 Å². The lowest BCUT2D eigenvalue weighted by molar-refractivity contribution is 0.506. The van der Waals surface area contributed by atoms with Gasteiger partial charge in [0.2, 0.25) is 5.76 Å². The molecule has 0 unspecified atom stereocenters. The van der Waals surface area contributed by atoms with Crippen molar-refractivity contribution >= 4 is 17.3 Å². The van der Waals surface area contributed by atoms with Gasteiger partial charge in [0.05, 0.1) is 17.3 Å². The normalized spacial score (nSPS) is 10.3. The number of nitrogens with zero attached hydrogens (tertiary/aromatic N) is 4. The topological polar surface area (TPSA) is 79.7 Å². The summed E-state index contributed by atoms with van der Waals surface area (Å²) >= 11 is 6.23. The first kappa shape index (κ1) is 13.2. The molecule has 3 rings (SSSR count). The zero-order valence-corrected chi connectivity index (χ0v) is 11.6. The molecule has 0 bridgehead atoms. The van der Waals surface area contributed by atoms with E-state index in [4.69, 9.17) is 21.3 Å². The molecule has 0 aliphatic heterocycles. The lowest BCUT2D eigenvalue weighted by atomic mass is 10.2. The fourth-order valence-electron chi connectivity index (χ4n) is 1.93. The zero-order chi connectivity index (χ0) is 14.7. The third-order valence-corrected chi connectivity index (χ3v) is 3.16. The van der Waals surface area contributed by atoms with Crippen LogP contribution in [0.3, 0.4) is 0 Å². The molecule has 0 radical (unpaired) electrons. The summed E-state index contributed by atoms with van der Waals surface area (Å²) in [7, 11) is 0. The molecular formula is C14H10ClN5O. The van der Waals surface area contributed by atoms with E-state index in [2.05, 4.69) is 15.4 Å². The van der Waals surface area contributed by atoms with Crippen molar-refractivity contribution in [3.63, 3.8) is 0 Å². The predicted octanol–water partition coefficient (Wildman–Crippen LogP) is 3.00. The molecular weight excluding hydrogens is 290 g/mol. The molecule has 6 nitrogen and oxygen atoms in total. The van der Waals surface area contributed by atoms with E-state index in [0.29, 0.717) is 23.0 Å². The number of furan rings is 1. The van der Waals surface area contributed by atoms with Gasteiger partial charge in [0.25, 0.3) is 0 Å². The van der Waals surface area contributed by atoms with Gasteiger partial charge in [0, 0.05) is 0 Å². The number of nitriles is 1. The van der Waals surface area contributed by atoms with Crippen LogP contribution in [-0.2, 0) is 6.54 Å². The Kier molecular flexibility index (Phi) is 3.58. The van der Waals surface area contributed by atoms with Gasteiger partial charge in [-0.3, -0.25) is 0 Å². The summed E-state index contributed by atoms with van der Waals surface area (Å²) < 4.78 is 6.91. The van der Waals surface area contributed by atoms with Crippen LogP contribution in [-0.4, -0.2) is 14.8 Å². The lowest BCUT2D eigenvalue weighted by Crippen LogP contribution is -2.05. The first-order valence-electron chi connectivity index (χ1n) is 6.14. The molecule has 2 heterocycles. The van der Waals surface area contributed by atoms with Gasteiger partial charge in [-0.25, -0.2) is 9.67 Å². The average Bonchev–Trinajstić information content (AvgIpc) is 3.16. The van der Waals surface area contributed by atoms with Crippen molar-refractivity contribution in [2.24, 2.45) is 0 Å². The molecule has 0 saturated heterocycles. The van der Waals surface area contributed by atoms with Crippen LogP contribution in [0, 0.1) is 11.3 Å². The third kappa shape index (κ3) is 2.73. The Morgan fingerprint density at radius 3 is 2.95 bits per heavy atom. The number of nitrogens with one attached hydrogen (secondary N) is 1. The Balaban J connectivity index is 1.86. The Morgan fingerprint density at radius 1 is 1.33 bits per heavy atom. The number of para-hydroxylation sites is 1. The van der Waals surface area contributed by atoms with Crippen molar-refractivity contribution in [2.45, 2.75) is 6.54 Å². The summed E-state index contributed by atoms with van der Waals surface area (Å²) in [5.74, 6) is 0.949.